The van der Waals surface area contributed by atoms with Crippen LogP contribution in [0.2, 0.25) is 0 Å². The number of fused-ring (bicyclic) bond motifs is 1. The number of nitrogens with zero attached hydrogens (tertiary/aromatic N) is 3. The molecule has 3 aromatic rings. The highest BCUT2D eigenvalue weighted by molar-refractivity contribution is 5.94. The van der Waals surface area contributed by atoms with Crippen LogP contribution in [-0.2, 0) is 11.2 Å². The standard InChI is InChI=1S/C24H22F3N5O3/c25-24(26,27)18-11-17(18)22(34)30-19-10-13(7-8-29-19)12-5-6-15-14(9-12)3-1-2-4-16(15)21-31-23(20(28)33)35-32-21/h5-10,16-18H,1-4,11H2,(H2,28,33)(H,29,30,34)/t16-,17+,18-/m0/s1. The molecule has 5 rings (SSSR count). The summed E-state index contributed by atoms with van der Waals surface area (Å²) in [6, 6.07) is 9.38. The summed E-state index contributed by atoms with van der Waals surface area (Å²) in [6.07, 6.45) is 0.513. The third-order valence-electron chi connectivity index (χ3n) is 6.56. The van der Waals surface area contributed by atoms with E-state index in [9.17, 15) is 22.8 Å². The molecule has 0 bridgehead atoms. The van der Waals surface area contributed by atoms with Crippen LogP contribution in [0.25, 0.3) is 11.1 Å². The molecule has 3 N–H and O–H groups in total. The molecule has 35 heavy (non-hydrogen) atoms. The predicted molar refractivity (Wildman–Crippen MR) is 118 cm³/mol. The van der Waals surface area contributed by atoms with Crippen molar-refractivity contribution in [3.8, 4) is 11.1 Å². The molecular weight excluding hydrogens is 463 g/mol. The number of aromatic nitrogens is 3. The van der Waals surface area contributed by atoms with E-state index in [1.54, 1.807) is 12.1 Å². The van der Waals surface area contributed by atoms with E-state index in [-0.39, 0.29) is 24.0 Å². The molecule has 0 radical (unpaired) electrons. The first kappa shape index (κ1) is 23.0. The first-order valence-electron chi connectivity index (χ1n) is 11.3. The molecule has 11 heteroatoms. The van der Waals surface area contributed by atoms with Gasteiger partial charge in [-0.05, 0) is 60.1 Å². The van der Waals surface area contributed by atoms with E-state index in [1.165, 1.54) is 6.20 Å². The summed E-state index contributed by atoms with van der Waals surface area (Å²) in [6.45, 7) is 0. The molecule has 1 fully saturated rings. The van der Waals surface area contributed by atoms with Gasteiger partial charge in [-0.15, -0.1) is 0 Å². The molecule has 2 aromatic heterocycles. The number of rotatable bonds is 5. The van der Waals surface area contributed by atoms with Crippen LogP contribution in [0.15, 0.2) is 41.1 Å². The number of anilines is 1. The van der Waals surface area contributed by atoms with Crippen LogP contribution in [0.5, 0.6) is 0 Å². The number of nitrogens with two attached hydrogens (primary N) is 1. The summed E-state index contributed by atoms with van der Waals surface area (Å²) >= 11 is 0. The van der Waals surface area contributed by atoms with E-state index < -0.39 is 29.8 Å². The molecule has 0 unspecified atom stereocenters. The number of primary amides is 1. The minimum absolute atomic E-state index is 0.134. The van der Waals surface area contributed by atoms with E-state index >= 15 is 0 Å². The van der Waals surface area contributed by atoms with Gasteiger partial charge in [0, 0.05) is 12.1 Å². The molecule has 8 nitrogen and oxygen atoms in total. The van der Waals surface area contributed by atoms with Gasteiger partial charge in [0.05, 0.1) is 11.8 Å². The van der Waals surface area contributed by atoms with Gasteiger partial charge in [-0.25, -0.2) is 4.98 Å². The van der Waals surface area contributed by atoms with Crippen LogP contribution in [0, 0.1) is 11.8 Å². The van der Waals surface area contributed by atoms with Crippen molar-refractivity contribution >= 4 is 17.6 Å². The average Bonchev–Trinajstić information content (AvgIpc) is 3.55. The summed E-state index contributed by atoms with van der Waals surface area (Å²) in [7, 11) is 0. The van der Waals surface area contributed by atoms with Gasteiger partial charge in [-0.3, -0.25) is 9.59 Å². The molecule has 1 aromatic carbocycles. The number of halogens is 3. The van der Waals surface area contributed by atoms with Crippen molar-refractivity contribution in [3.05, 3.63) is 59.4 Å². The Bertz CT molecular complexity index is 1290. The molecule has 0 aliphatic heterocycles. The van der Waals surface area contributed by atoms with E-state index in [1.807, 2.05) is 18.2 Å². The lowest BCUT2D eigenvalue weighted by Crippen LogP contribution is -2.20. The van der Waals surface area contributed by atoms with Crippen molar-refractivity contribution in [2.24, 2.45) is 17.6 Å². The third-order valence-corrected chi connectivity index (χ3v) is 6.56. The summed E-state index contributed by atoms with van der Waals surface area (Å²) in [5.41, 5.74) is 9.04. The van der Waals surface area contributed by atoms with Gasteiger partial charge in [0.1, 0.15) is 5.82 Å². The van der Waals surface area contributed by atoms with Crippen LogP contribution < -0.4 is 11.1 Å². The lowest BCUT2D eigenvalue weighted by atomic mass is 9.90. The Morgan fingerprint density at radius 2 is 1.91 bits per heavy atom. The highest BCUT2D eigenvalue weighted by Gasteiger charge is 2.58. The van der Waals surface area contributed by atoms with E-state index in [0.717, 1.165) is 47.9 Å². The van der Waals surface area contributed by atoms with Crippen LogP contribution in [0.3, 0.4) is 0 Å². The van der Waals surface area contributed by atoms with Crippen LogP contribution in [0.4, 0.5) is 19.0 Å². The Labute approximate surface area is 198 Å². The van der Waals surface area contributed by atoms with E-state index in [2.05, 4.69) is 20.4 Å². The SMILES string of the molecule is NC(=O)c1nc([C@H]2CCCCc3cc(-c4ccnc(NC(=O)[C@@H]5C[C@@H]5C(F)(F)F)c4)ccc32)no1. The largest absolute Gasteiger partial charge is 0.392 e. The zero-order valence-corrected chi connectivity index (χ0v) is 18.5. The normalized spacial score (nSPS) is 21.6. The number of benzene rings is 1. The number of carbonyl (C=O) groups is 2. The van der Waals surface area contributed by atoms with E-state index in [0.29, 0.717) is 5.82 Å². The smallest absolute Gasteiger partial charge is 0.361 e. The third kappa shape index (κ3) is 4.75. The van der Waals surface area contributed by atoms with Crippen molar-refractivity contribution in [2.75, 3.05) is 5.32 Å². The number of hydrogen-bond acceptors (Lipinski definition) is 6. The lowest BCUT2D eigenvalue weighted by Gasteiger charge is -2.16. The fourth-order valence-electron chi connectivity index (χ4n) is 4.65. The quantitative estimate of drug-likeness (QED) is 0.522. The van der Waals surface area contributed by atoms with Crippen molar-refractivity contribution in [3.63, 3.8) is 0 Å². The molecule has 1 saturated carbocycles. The summed E-state index contributed by atoms with van der Waals surface area (Å²) < 4.78 is 43.3. The second-order valence-corrected chi connectivity index (χ2v) is 8.94. The van der Waals surface area contributed by atoms with E-state index in [4.69, 9.17) is 10.3 Å². The Morgan fingerprint density at radius 3 is 2.63 bits per heavy atom. The Kier molecular flexibility index (Phi) is 5.78. The number of nitrogens with one attached hydrogen (secondary N) is 1. The van der Waals surface area contributed by atoms with Crippen LogP contribution in [0.1, 0.15) is 59.2 Å². The van der Waals surface area contributed by atoms with Gasteiger partial charge in [0.15, 0.2) is 5.82 Å². The monoisotopic (exact) mass is 485 g/mol. The van der Waals surface area contributed by atoms with Gasteiger partial charge >= 0.3 is 18.0 Å². The number of hydrogen-bond donors (Lipinski definition) is 2. The van der Waals surface area contributed by atoms with Crippen LogP contribution >= 0.6 is 0 Å². The van der Waals surface area contributed by atoms with Crippen molar-refractivity contribution < 1.29 is 27.3 Å². The van der Waals surface area contributed by atoms with Gasteiger partial charge in [-0.1, -0.05) is 29.8 Å². The first-order chi connectivity index (χ1) is 16.7. The summed E-state index contributed by atoms with van der Waals surface area (Å²) in [5.74, 6) is -3.82. The number of carbonyl (C=O) groups excluding carboxylic acids is 2. The zero-order chi connectivity index (χ0) is 24.7. The lowest BCUT2D eigenvalue weighted by molar-refractivity contribution is -0.153. The van der Waals surface area contributed by atoms with Gasteiger partial charge < -0.3 is 15.6 Å². The topological polar surface area (TPSA) is 124 Å². The minimum Gasteiger partial charge on any atom is -0.361 e. The predicted octanol–water partition coefficient (Wildman–Crippen LogP) is 4.23. The van der Waals surface area contributed by atoms with Gasteiger partial charge in [0.2, 0.25) is 5.91 Å². The Morgan fingerprint density at radius 1 is 1.11 bits per heavy atom. The molecular formula is C24H22F3N5O3. The molecule has 0 spiro atoms. The maximum Gasteiger partial charge on any atom is 0.392 e. The number of amides is 2. The maximum absolute atomic E-state index is 12.8. The van der Waals surface area contributed by atoms with Crippen LogP contribution in [-0.4, -0.2) is 33.1 Å². The number of alkyl halides is 3. The average molecular weight is 485 g/mol. The Hall–Kier alpha value is -3.76. The Balaban J connectivity index is 1.37. The zero-order valence-electron chi connectivity index (χ0n) is 18.5. The first-order valence-corrected chi connectivity index (χ1v) is 11.3. The second-order valence-electron chi connectivity index (χ2n) is 8.94. The molecule has 2 aliphatic rings. The van der Waals surface area contributed by atoms with Crippen molar-refractivity contribution in [2.45, 2.75) is 44.2 Å². The maximum atomic E-state index is 12.8. The molecule has 0 saturated heterocycles. The number of aryl methyl sites for hydroxylation is 1. The molecule has 2 heterocycles. The number of pyridine rings is 1. The van der Waals surface area contributed by atoms with Gasteiger partial charge in [0.25, 0.3) is 0 Å². The fourth-order valence-corrected chi connectivity index (χ4v) is 4.65. The molecule has 2 amide bonds. The fraction of sp³-hybridized carbons (Fsp3) is 0.375. The summed E-state index contributed by atoms with van der Waals surface area (Å²) in [5, 5.41) is 6.47. The minimum atomic E-state index is -4.36. The molecule has 182 valence electrons. The van der Waals surface area contributed by atoms with Crippen molar-refractivity contribution in [1.29, 1.82) is 0 Å². The molecule has 2 aliphatic carbocycles. The second kappa shape index (κ2) is 8.79. The molecule has 3 atom stereocenters. The van der Waals surface area contributed by atoms with Crippen molar-refractivity contribution in [1.82, 2.24) is 15.1 Å². The highest BCUT2D eigenvalue weighted by atomic mass is 19.4. The summed E-state index contributed by atoms with van der Waals surface area (Å²) in [4.78, 5) is 31.8. The highest BCUT2D eigenvalue weighted by Crippen LogP contribution is 2.50. The van der Waals surface area contributed by atoms with Gasteiger partial charge in [-0.2, -0.15) is 18.2 Å².